The molecule has 22 heavy (non-hydrogen) atoms. The summed E-state index contributed by atoms with van der Waals surface area (Å²) in [6.07, 6.45) is -0.0643. The van der Waals surface area contributed by atoms with Gasteiger partial charge in [-0.1, -0.05) is 60.2 Å². The van der Waals surface area contributed by atoms with E-state index in [1.54, 1.807) is 12.1 Å². The molecule has 0 unspecified atom stereocenters. The van der Waals surface area contributed by atoms with Crippen molar-refractivity contribution in [2.75, 3.05) is 0 Å². The molecule has 0 saturated carbocycles. The maximum absolute atomic E-state index is 12.2. The number of hydrogen-bond donors (Lipinski definition) is 2. The van der Waals surface area contributed by atoms with Gasteiger partial charge >= 0.3 is 5.97 Å². The van der Waals surface area contributed by atoms with Crippen LogP contribution in [0.25, 0.3) is 0 Å². The SMILES string of the molecule is Cc1ccc(C(=O)C[C@H](NCc2ccccc2)C(=O)O)cc1. The van der Waals surface area contributed by atoms with Crippen LogP contribution in [0.4, 0.5) is 0 Å². The highest BCUT2D eigenvalue weighted by atomic mass is 16.4. The zero-order valence-corrected chi connectivity index (χ0v) is 12.5. The van der Waals surface area contributed by atoms with Crippen LogP contribution in [0.2, 0.25) is 0 Å². The number of hydrogen-bond acceptors (Lipinski definition) is 3. The highest BCUT2D eigenvalue weighted by Gasteiger charge is 2.21. The highest BCUT2D eigenvalue weighted by molar-refractivity contribution is 5.98. The molecule has 0 bridgehead atoms. The number of benzene rings is 2. The molecule has 2 aromatic rings. The average Bonchev–Trinajstić information content (AvgIpc) is 2.52. The Morgan fingerprint density at radius 3 is 2.27 bits per heavy atom. The fraction of sp³-hybridized carbons (Fsp3) is 0.222. The maximum Gasteiger partial charge on any atom is 0.321 e. The van der Waals surface area contributed by atoms with Crippen LogP contribution in [0.15, 0.2) is 54.6 Å². The quantitative estimate of drug-likeness (QED) is 0.771. The van der Waals surface area contributed by atoms with Gasteiger partial charge in [-0.25, -0.2) is 0 Å². The van der Waals surface area contributed by atoms with Gasteiger partial charge in [0.15, 0.2) is 5.78 Å². The summed E-state index contributed by atoms with van der Waals surface area (Å²) < 4.78 is 0. The first-order valence-corrected chi connectivity index (χ1v) is 7.16. The molecule has 0 aromatic heterocycles. The predicted octanol–water partition coefficient (Wildman–Crippen LogP) is 2.81. The minimum absolute atomic E-state index is 0.0643. The Hall–Kier alpha value is -2.46. The number of Topliss-reactive ketones (excluding diaryl/α,β-unsaturated/α-hetero) is 1. The van der Waals surface area contributed by atoms with Crippen LogP contribution in [0, 0.1) is 6.92 Å². The molecule has 0 amide bonds. The summed E-state index contributed by atoms with van der Waals surface area (Å²) in [5.74, 6) is -1.19. The number of ketones is 1. The second-order valence-electron chi connectivity index (χ2n) is 5.25. The van der Waals surface area contributed by atoms with E-state index < -0.39 is 12.0 Å². The molecule has 0 aliphatic heterocycles. The van der Waals surface area contributed by atoms with E-state index in [1.807, 2.05) is 49.4 Å². The molecule has 2 N–H and O–H groups in total. The number of rotatable bonds is 7. The van der Waals surface area contributed by atoms with Crippen LogP contribution in [-0.4, -0.2) is 22.9 Å². The standard InChI is InChI=1S/C18H19NO3/c1-13-7-9-15(10-8-13)17(20)11-16(18(21)22)19-12-14-5-3-2-4-6-14/h2-10,16,19H,11-12H2,1H3,(H,21,22)/t16-/m0/s1. The smallest absolute Gasteiger partial charge is 0.321 e. The van der Waals surface area contributed by atoms with Crippen molar-refractivity contribution in [3.05, 3.63) is 71.3 Å². The number of carbonyl (C=O) groups is 2. The van der Waals surface area contributed by atoms with Crippen molar-refractivity contribution >= 4 is 11.8 Å². The molecule has 0 heterocycles. The number of aliphatic carboxylic acids is 1. The number of carboxylic acids is 1. The summed E-state index contributed by atoms with van der Waals surface area (Å²) in [7, 11) is 0. The molecular formula is C18H19NO3. The van der Waals surface area contributed by atoms with E-state index in [-0.39, 0.29) is 12.2 Å². The van der Waals surface area contributed by atoms with Crippen molar-refractivity contribution in [3.63, 3.8) is 0 Å². The van der Waals surface area contributed by atoms with Gasteiger partial charge in [-0.05, 0) is 12.5 Å². The lowest BCUT2D eigenvalue weighted by Gasteiger charge is -2.14. The number of aryl methyl sites for hydroxylation is 1. The van der Waals surface area contributed by atoms with Crippen molar-refractivity contribution < 1.29 is 14.7 Å². The Morgan fingerprint density at radius 1 is 1.05 bits per heavy atom. The molecular weight excluding hydrogens is 278 g/mol. The van der Waals surface area contributed by atoms with Gasteiger partial charge in [0, 0.05) is 18.5 Å². The summed E-state index contributed by atoms with van der Waals surface area (Å²) in [4.78, 5) is 23.5. The molecule has 0 aliphatic carbocycles. The minimum Gasteiger partial charge on any atom is -0.480 e. The van der Waals surface area contributed by atoms with Gasteiger partial charge < -0.3 is 5.11 Å². The highest BCUT2D eigenvalue weighted by Crippen LogP contribution is 2.09. The van der Waals surface area contributed by atoms with Crippen molar-refractivity contribution in [1.82, 2.24) is 5.32 Å². The first kappa shape index (κ1) is 15.9. The van der Waals surface area contributed by atoms with Gasteiger partial charge in [0.1, 0.15) is 6.04 Å². The molecule has 0 spiro atoms. The lowest BCUT2D eigenvalue weighted by atomic mass is 10.0. The molecule has 2 rings (SSSR count). The van der Waals surface area contributed by atoms with E-state index in [0.29, 0.717) is 12.1 Å². The lowest BCUT2D eigenvalue weighted by Crippen LogP contribution is -2.38. The summed E-state index contributed by atoms with van der Waals surface area (Å²) in [6.45, 7) is 2.36. The number of carbonyl (C=O) groups excluding carboxylic acids is 1. The van der Waals surface area contributed by atoms with Crippen LogP contribution >= 0.6 is 0 Å². The Labute approximate surface area is 129 Å². The van der Waals surface area contributed by atoms with E-state index in [2.05, 4.69) is 5.32 Å². The first-order chi connectivity index (χ1) is 10.6. The van der Waals surface area contributed by atoms with E-state index in [4.69, 9.17) is 0 Å². The lowest BCUT2D eigenvalue weighted by molar-refractivity contribution is -0.139. The Balaban J connectivity index is 1.98. The number of carboxylic acid groups (broad SMARTS) is 1. The summed E-state index contributed by atoms with van der Waals surface area (Å²) >= 11 is 0. The van der Waals surface area contributed by atoms with E-state index in [1.165, 1.54) is 0 Å². The van der Waals surface area contributed by atoms with Crippen LogP contribution in [0.1, 0.15) is 27.9 Å². The van der Waals surface area contributed by atoms with Gasteiger partial charge in [-0.15, -0.1) is 0 Å². The summed E-state index contributed by atoms with van der Waals surface area (Å²) in [5.41, 5.74) is 2.59. The van der Waals surface area contributed by atoms with Crippen molar-refractivity contribution in [2.45, 2.75) is 25.9 Å². The van der Waals surface area contributed by atoms with Gasteiger partial charge in [0.25, 0.3) is 0 Å². The first-order valence-electron chi connectivity index (χ1n) is 7.16. The van der Waals surface area contributed by atoms with Crippen molar-refractivity contribution in [2.24, 2.45) is 0 Å². The average molecular weight is 297 g/mol. The van der Waals surface area contributed by atoms with Crippen LogP contribution in [0.3, 0.4) is 0 Å². The molecule has 2 aromatic carbocycles. The molecule has 1 atom stereocenters. The second kappa shape index (κ2) is 7.52. The van der Waals surface area contributed by atoms with Gasteiger partial charge in [-0.2, -0.15) is 0 Å². The Kier molecular flexibility index (Phi) is 5.44. The molecule has 0 fully saturated rings. The van der Waals surface area contributed by atoms with Gasteiger partial charge in [-0.3, -0.25) is 14.9 Å². The van der Waals surface area contributed by atoms with Crippen LogP contribution < -0.4 is 5.32 Å². The largest absolute Gasteiger partial charge is 0.480 e. The molecule has 0 saturated heterocycles. The van der Waals surface area contributed by atoms with Gasteiger partial charge in [0.05, 0.1) is 0 Å². The van der Waals surface area contributed by atoms with E-state index in [0.717, 1.165) is 11.1 Å². The predicted molar refractivity (Wildman–Crippen MR) is 84.8 cm³/mol. The van der Waals surface area contributed by atoms with Crippen LogP contribution in [-0.2, 0) is 11.3 Å². The molecule has 114 valence electrons. The number of nitrogens with one attached hydrogen (secondary N) is 1. The fourth-order valence-corrected chi connectivity index (χ4v) is 2.13. The summed E-state index contributed by atoms with van der Waals surface area (Å²) in [5, 5.41) is 12.2. The van der Waals surface area contributed by atoms with E-state index >= 15 is 0 Å². The normalized spacial score (nSPS) is 11.9. The third-order valence-electron chi connectivity index (χ3n) is 3.46. The third kappa shape index (κ3) is 4.53. The fourth-order valence-electron chi connectivity index (χ4n) is 2.13. The summed E-state index contributed by atoms with van der Waals surface area (Å²) in [6, 6.07) is 15.8. The molecule has 0 aliphatic rings. The van der Waals surface area contributed by atoms with Gasteiger partial charge in [0.2, 0.25) is 0 Å². The third-order valence-corrected chi connectivity index (χ3v) is 3.46. The zero-order valence-electron chi connectivity index (χ0n) is 12.5. The van der Waals surface area contributed by atoms with Crippen molar-refractivity contribution in [3.8, 4) is 0 Å². The Bertz CT molecular complexity index is 635. The minimum atomic E-state index is -1.02. The second-order valence-corrected chi connectivity index (χ2v) is 5.25. The maximum atomic E-state index is 12.2. The van der Waals surface area contributed by atoms with Crippen LogP contribution in [0.5, 0.6) is 0 Å². The molecule has 4 heteroatoms. The van der Waals surface area contributed by atoms with Crippen molar-refractivity contribution in [1.29, 1.82) is 0 Å². The van der Waals surface area contributed by atoms with E-state index in [9.17, 15) is 14.7 Å². The molecule has 4 nitrogen and oxygen atoms in total. The molecule has 0 radical (unpaired) electrons. The zero-order chi connectivity index (χ0) is 15.9. The monoisotopic (exact) mass is 297 g/mol. The Morgan fingerprint density at radius 2 is 1.68 bits per heavy atom. The topological polar surface area (TPSA) is 66.4 Å².